The van der Waals surface area contributed by atoms with Crippen LogP contribution in [0.5, 0.6) is 0 Å². The molecule has 1 aromatic rings. The zero-order chi connectivity index (χ0) is 12.8. The van der Waals surface area contributed by atoms with Crippen LogP contribution < -0.4 is 0 Å². The van der Waals surface area contributed by atoms with E-state index < -0.39 is 0 Å². The number of allylic oxidation sites excluding steroid dienone is 1. The van der Waals surface area contributed by atoms with E-state index in [2.05, 4.69) is 30.8 Å². The van der Waals surface area contributed by atoms with Gasteiger partial charge >= 0.3 is 0 Å². The highest BCUT2D eigenvalue weighted by Gasteiger charge is 2.49. The zero-order valence-electron chi connectivity index (χ0n) is 11.1. The molecule has 0 amide bonds. The Hall–Kier alpha value is -1.08. The third-order valence-electron chi connectivity index (χ3n) is 4.16. The van der Waals surface area contributed by atoms with E-state index in [0.717, 1.165) is 32.1 Å². The van der Waals surface area contributed by atoms with Crippen LogP contribution in [-0.4, -0.2) is 11.2 Å². The molecule has 1 aliphatic carbocycles. The normalized spacial score (nSPS) is 18.3. The lowest BCUT2D eigenvalue weighted by molar-refractivity contribution is 0.119. The van der Waals surface area contributed by atoms with E-state index in [0.29, 0.717) is 0 Å². The van der Waals surface area contributed by atoms with Crippen LogP contribution in [0.25, 0.3) is 0 Å². The molecule has 1 atom stereocenters. The molecule has 1 aliphatic rings. The Kier molecular flexibility index (Phi) is 4.60. The van der Waals surface area contributed by atoms with Crippen LogP contribution >= 0.6 is 0 Å². The van der Waals surface area contributed by atoms with Gasteiger partial charge in [0.25, 0.3) is 0 Å². The molecule has 1 fully saturated rings. The van der Waals surface area contributed by atoms with E-state index in [9.17, 15) is 5.11 Å². The SMILES string of the molecule is C=CCCCCCC(O)C1(c2ccccc2)CC1. The van der Waals surface area contributed by atoms with E-state index in [1.165, 1.54) is 18.4 Å². The second-order valence-corrected chi connectivity index (χ2v) is 5.46. The Morgan fingerprint density at radius 3 is 2.50 bits per heavy atom. The van der Waals surface area contributed by atoms with Gasteiger partial charge in [-0.25, -0.2) is 0 Å². The predicted octanol–water partition coefficient (Wildman–Crippen LogP) is 4.22. The molecule has 98 valence electrons. The molecule has 1 heteroatoms. The van der Waals surface area contributed by atoms with Crippen molar-refractivity contribution in [3.05, 3.63) is 48.6 Å². The molecule has 0 bridgehead atoms. The lowest BCUT2D eigenvalue weighted by Gasteiger charge is -2.22. The highest BCUT2D eigenvalue weighted by Crippen LogP contribution is 2.52. The van der Waals surface area contributed by atoms with Gasteiger partial charge in [0.05, 0.1) is 6.10 Å². The van der Waals surface area contributed by atoms with Crippen LogP contribution in [-0.2, 0) is 5.41 Å². The first-order valence-corrected chi connectivity index (χ1v) is 7.14. The summed E-state index contributed by atoms with van der Waals surface area (Å²) in [5.74, 6) is 0. The lowest BCUT2D eigenvalue weighted by atomic mass is 9.87. The van der Waals surface area contributed by atoms with Crippen molar-refractivity contribution in [1.82, 2.24) is 0 Å². The Bertz CT molecular complexity index is 364. The summed E-state index contributed by atoms with van der Waals surface area (Å²) >= 11 is 0. The third-order valence-corrected chi connectivity index (χ3v) is 4.16. The van der Waals surface area contributed by atoms with E-state index in [4.69, 9.17) is 0 Å². The summed E-state index contributed by atoms with van der Waals surface area (Å²) in [5.41, 5.74) is 1.41. The number of hydrogen-bond acceptors (Lipinski definition) is 1. The Morgan fingerprint density at radius 1 is 1.17 bits per heavy atom. The minimum absolute atomic E-state index is 0.0830. The van der Waals surface area contributed by atoms with Crippen molar-refractivity contribution in [2.24, 2.45) is 0 Å². The maximum Gasteiger partial charge on any atom is 0.0636 e. The van der Waals surface area contributed by atoms with Gasteiger partial charge in [0.2, 0.25) is 0 Å². The molecule has 1 unspecified atom stereocenters. The summed E-state index contributed by atoms with van der Waals surface area (Å²) in [4.78, 5) is 0. The number of aliphatic hydroxyl groups excluding tert-OH is 1. The average molecular weight is 244 g/mol. The van der Waals surface area contributed by atoms with Gasteiger partial charge in [0, 0.05) is 5.41 Å². The van der Waals surface area contributed by atoms with Crippen LogP contribution in [0.15, 0.2) is 43.0 Å². The average Bonchev–Trinajstić information content (AvgIpc) is 3.21. The standard InChI is InChI=1S/C17H24O/c1-2-3-4-5-9-12-16(18)17(13-14-17)15-10-7-6-8-11-15/h2,6-8,10-11,16,18H,1,3-5,9,12-14H2. The summed E-state index contributed by atoms with van der Waals surface area (Å²) in [6, 6.07) is 10.5. The molecule has 18 heavy (non-hydrogen) atoms. The van der Waals surface area contributed by atoms with Crippen molar-refractivity contribution in [3.8, 4) is 0 Å². The van der Waals surface area contributed by atoms with Gasteiger partial charge in [-0.15, -0.1) is 6.58 Å². The highest BCUT2D eigenvalue weighted by molar-refractivity contribution is 5.32. The van der Waals surface area contributed by atoms with Gasteiger partial charge in [-0.1, -0.05) is 49.2 Å². The molecule has 1 aromatic carbocycles. The molecular weight excluding hydrogens is 220 g/mol. The van der Waals surface area contributed by atoms with Gasteiger partial charge in [-0.05, 0) is 37.7 Å². The van der Waals surface area contributed by atoms with E-state index in [1.54, 1.807) is 0 Å². The maximum atomic E-state index is 10.4. The fourth-order valence-electron chi connectivity index (χ4n) is 2.80. The van der Waals surface area contributed by atoms with Gasteiger partial charge in [0.1, 0.15) is 0 Å². The number of hydrogen-bond donors (Lipinski definition) is 1. The van der Waals surface area contributed by atoms with Crippen molar-refractivity contribution >= 4 is 0 Å². The largest absolute Gasteiger partial charge is 0.392 e. The fourth-order valence-corrected chi connectivity index (χ4v) is 2.80. The van der Waals surface area contributed by atoms with Crippen LogP contribution in [0.1, 0.15) is 50.5 Å². The topological polar surface area (TPSA) is 20.2 Å². The van der Waals surface area contributed by atoms with Crippen LogP contribution in [0.2, 0.25) is 0 Å². The number of benzene rings is 1. The lowest BCUT2D eigenvalue weighted by Crippen LogP contribution is -2.25. The van der Waals surface area contributed by atoms with Gasteiger partial charge in [-0.3, -0.25) is 0 Å². The molecule has 1 N–H and O–H groups in total. The molecule has 2 rings (SSSR count). The van der Waals surface area contributed by atoms with Crippen molar-refractivity contribution in [1.29, 1.82) is 0 Å². The van der Waals surface area contributed by atoms with E-state index >= 15 is 0 Å². The Morgan fingerprint density at radius 2 is 1.89 bits per heavy atom. The van der Waals surface area contributed by atoms with Crippen LogP contribution in [0.4, 0.5) is 0 Å². The monoisotopic (exact) mass is 244 g/mol. The van der Waals surface area contributed by atoms with Crippen LogP contribution in [0, 0.1) is 0 Å². The Balaban J connectivity index is 1.82. The van der Waals surface area contributed by atoms with Gasteiger partial charge < -0.3 is 5.11 Å². The first kappa shape index (κ1) is 13.4. The minimum atomic E-state index is -0.163. The van der Waals surface area contributed by atoms with Crippen molar-refractivity contribution in [2.45, 2.75) is 56.5 Å². The fraction of sp³-hybridized carbons (Fsp3) is 0.529. The molecule has 0 aromatic heterocycles. The van der Waals surface area contributed by atoms with Gasteiger partial charge in [-0.2, -0.15) is 0 Å². The van der Waals surface area contributed by atoms with Crippen molar-refractivity contribution in [3.63, 3.8) is 0 Å². The number of rotatable bonds is 8. The highest BCUT2D eigenvalue weighted by atomic mass is 16.3. The smallest absolute Gasteiger partial charge is 0.0636 e. The summed E-state index contributed by atoms with van der Waals surface area (Å²) in [6.45, 7) is 3.73. The zero-order valence-corrected chi connectivity index (χ0v) is 11.1. The third kappa shape index (κ3) is 3.02. The molecule has 1 nitrogen and oxygen atoms in total. The van der Waals surface area contributed by atoms with Gasteiger partial charge in [0.15, 0.2) is 0 Å². The predicted molar refractivity (Wildman–Crippen MR) is 76.6 cm³/mol. The number of aliphatic hydroxyl groups is 1. The molecule has 0 radical (unpaired) electrons. The molecular formula is C17H24O. The molecule has 1 saturated carbocycles. The maximum absolute atomic E-state index is 10.4. The molecule has 0 heterocycles. The summed E-state index contributed by atoms with van der Waals surface area (Å²) < 4.78 is 0. The van der Waals surface area contributed by atoms with Crippen molar-refractivity contribution in [2.75, 3.05) is 0 Å². The summed E-state index contributed by atoms with van der Waals surface area (Å²) in [7, 11) is 0. The minimum Gasteiger partial charge on any atom is -0.392 e. The molecule has 0 saturated heterocycles. The van der Waals surface area contributed by atoms with Crippen molar-refractivity contribution < 1.29 is 5.11 Å². The second-order valence-electron chi connectivity index (χ2n) is 5.46. The summed E-state index contributed by atoms with van der Waals surface area (Å²) in [5, 5.41) is 10.4. The summed E-state index contributed by atoms with van der Waals surface area (Å²) in [6.07, 6.45) is 9.67. The van der Waals surface area contributed by atoms with Crippen LogP contribution in [0.3, 0.4) is 0 Å². The second kappa shape index (κ2) is 6.19. The van der Waals surface area contributed by atoms with E-state index in [-0.39, 0.29) is 11.5 Å². The molecule has 0 aliphatic heterocycles. The quantitative estimate of drug-likeness (QED) is 0.536. The molecule has 0 spiro atoms. The Labute approximate surface area is 111 Å². The first-order chi connectivity index (χ1) is 8.79. The number of unbranched alkanes of at least 4 members (excludes halogenated alkanes) is 3. The van der Waals surface area contributed by atoms with E-state index in [1.807, 2.05) is 12.1 Å². The first-order valence-electron chi connectivity index (χ1n) is 7.14.